The number of aromatic nitrogens is 3. The molecule has 186 valence electrons. The minimum Gasteiger partial charge on any atom is -0.435 e. The first-order valence-electron chi connectivity index (χ1n) is 11.1. The highest BCUT2D eigenvalue weighted by atomic mass is 19.4. The van der Waals surface area contributed by atoms with Crippen LogP contribution in [0.4, 0.5) is 17.6 Å². The molecule has 0 saturated heterocycles. The summed E-state index contributed by atoms with van der Waals surface area (Å²) in [6.45, 7) is 2.14. The highest BCUT2D eigenvalue weighted by molar-refractivity contribution is 5.58. The smallest absolute Gasteiger partial charge is 0.416 e. The van der Waals surface area contributed by atoms with E-state index in [1.165, 1.54) is 13.1 Å². The van der Waals surface area contributed by atoms with E-state index in [4.69, 9.17) is 4.74 Å². The molecule has 3 heterocycles. The van der Waals surface area contributed by atoms with Crippen molar-refractivity contribution in [2.75, 3.05) is 0 Å². The van der Waals surface area contributed by atoms with Gasteiger partial charge in [0.25, 0.3) is 0 Å². The van der Waals surface area contributed by atoms with Crippen LogP contribution in [0.5, 0.6) is 11.6 Å². The number of ether oxygens (including phenoxy) is 1. The van der Waals surface area contributed by atoms with Gasteiger partial charge in [-0.3, -0.25) is 9.58 Å². The second-order valence-corrected chi connectivity index (χ2v) is 8.74. The number of halogens is 4. The van der Waals surface area contributed by atoms with Crippen LogP contribution in [0.25, 0.3) is 11.3 Å². The van der Waals surface area contributed by atoms with Crippen molar-refractivity contribution in [3.05, 3.63) is 94.6 Å². The fourth-order valence-electron chi connectivity index (χ4n) is 4.32. The summed E-state index contributed by atoms with van der Waals surface area (Å²) in [5.74, 6) is -1.56. The van der Waals surface area contributed by atoms with Gasteiger partial charge >= 0.3 is 6.18 Å². The van der Waals surface area contributed by atoms with Crippen LogP contribution in [0.15, 0.2) is 60.9 Å². The van der Waals surface area contributed by atoms with Crippen molar-refractivity contribution in [2.45, 2.75) is 32.4 Å². The molecule has 0 saturated carbocycles. The minimum absolute atomic E-state index is 0.0286. The first-order valence-corrected chi connectivity index (χ1v) is 11.1. The van der Waals surface area contributed by atoms with E-state index in [9.17, 15) is 22.7 Å². The Morgan fingerprint density at radius 2 is 1.86 bits per heavy atom. The van der Waals surface area contributed by atoms with Crippen molar-refractivity contribution in [3.63, 3.8) is 0 Å². The average molecular weight is 498 g/mol. The first kappa shape index (κ1) is 24.0. The number of alkyl halides is 3. The molecule has 0 radical (unpaired) electrons. The molecule has 0 fully saturated rings. The Labute approximate surface area is 204 Å². The molecule has 4 aromatic rings. The summed E-state index contributed by atoms with van der Waals surface area (Å²) in [7, 11) is 1.85. The molecule has 0 bridgehead atoms. The SMILES string of the molecule is Cc1cc(C(F)(F)F)cc(F)c1Oc1nccc2c1C(O)N(Cc1ccc(-c3ccn(C)n3)cc1)C2. The summed E-state index contributed by atoms with van der Waals surface area (Å²) in [5.41, 5.74) is 2.76. The summed E-state index contributed by atoms with van der Waals surface area (Å²) >= 11 is 0. The van der Waals surface area contributed by atoms with Crippen LogP contribution in [0.2, 0.25) is 0 Å². The van der Waals surface area contributed by atoms with Crippen LogP contribution in [0.1, 0.15) is 34.0 Å². The Hall–Kier alpha value is -3.76. The molecule has 36 heavy (non-hydrogen) atoms. The molecule has 10 heteroatoms. The van der Waals surface area contributed by atoms with Crippen LogP contribution < -0.4 is 4.74 Å². The van der Waals surface area contributed by atoms with Gasteiger partial charge in [-0.05, 0) is 47.9 Å². The Morgan fingerprint density at radius 3 is 2.50 bits per heavy atom. The van der Waals surface area contributed by atoms with E-state index >= 15 is 0 Å². The largest absolute Gasteiger partial charge is 0.435 e. The predicted octanol–water partition coefficient (Wildman–Crippen LogP) is 5.75. The predicted molar refractivity (Wildman–Crippen MR) is 123 cm³/mol. The van der Waals surface area contributed by atoms with Crippen LogP contribution >= 0.6 is 0 Å². The molecule has 0 amide bonds. The van der Waals surface area contributed by atoms with Crippen molar-refractivity contribution in [1.82, 2.24) is 19.7 Å². The topological polar surface area (TPSA) is 63.4 Å². The van der Waals surface area contributed by atoms with Crippen LogP contribution in [-0.4, -0.2) is 24.8 Å². The zero-order chi connectivity index (χ0) is 25.6. The standard InChI is InChI=1S/C26H22F4N4O2/c1-15-11-19(26(28,29)30)12-20(27)23(15)36-24-22-18(7-9-31-24)14-34(25(22)35)13-16-3-5-17(6-4-16)21-8-10-33(2)32-21/h3-12,25,35H,13-14H2,1-2H3. The molecule has 6 nitrogen and oxygen atoms in total. The van der Waals surface area contributed by atoms with E-state index in [-0.39, 0.29) is 17.2 Å². The van der Waals surface area contributed by atoms with Gasteiger partial charge in [-0.15, -0.1) is 0 Å². The van der Waals surface area contributed by atoms with Crippen molar-refractivity contribution < 1.29 is 27.4 Å². The maximum Gasteiger partial charge on any atom is 0.416 e. The third-order valence-electron chi connectivity index (χ3n) is 6.13. The number of fused-ring (bicyclic) bond motifs is 1. The molecule has 2 aromatic carbocycles. The van der Waals surface area contributed by atoms with E-state index in [1.54, 1.807) is 15.6 Å². The van der Waals surface area contributed by atoms with Crippen LogP contribution in [-0.2, 0) is 26.3 Å². The van der Waals surface area contributed by atoms with Gasteiger partial charge in [0.05, 0.1) is 16.8 Å². The van der Waals surface area contributed by atoms with Crippen molar-refractivity contribution in [2.24, 2.45) is 7.05 Å². The highest BCUT2D eigenvalue weighted by Crippen LogP contribution is 2.41. The summed E-state index contributed by atoms with van der Waals surface area (Å²) in [5, 5.41) is 15.4. The number of benzene rings is 2. The van der Waals surface area contributed by atoms with E-state index in [0.29, 0.717) is 24.7 Å². The second kappa shape index (κ2) is 9.03. The quantitative estimate of drug-likeness (QED) is 0.355. The summed E-state index contributed by atoms with van der Waals surface area (Å²) in [4.78, 5) is 5.93. The maximum absolute atomic E-state index is 14.6. The molecular weight excluding hydrogens is 476 g/mol. The van der Waals surface area contributed by atoms with Crippen LogP contribution in [0.3, 0.4) is 0 Å². The van der Waals surface area contributed by atoms with Gasteiger partial charge in [0.2, 0.25) is 5.88 Å². The third-order valence-corrected chi connectivity index (χ3v) is 6.13. The van der Waals surface area contributed by atoms with E-state index in [2.05, 4.69) is 10.1 Å². The maximum atomic E-state index is 14.6. The Balaban J connectivity index is 1.36. The number of rotatable bonds is 5. The van der Waals surface area contributed by atoms with Crippen molar-refractivity contribution in [3.8, 4) is 22.9 Å². The lowest BCUT2D eigenvalue weighted by Crippen LogP contribution is -2.21. The molecule has 1 atom stereocenters. The lowest BCUT2D eigenvalue weighted by atomic mass is 10.1. The van der Waals surface area contributed by atoms with Gasteiger partial charge in [-0.1, -0.05) is 24.3 Å². The van der Waals surface area contributed by atoms with E-state index < -0.39 is 23.8 Å². The van der Waals surface area contributed by atoms with Gasteiger partial charge in [0, 0.05) is 38.1 Å². The van der Waals surface area contributed by atoms with Gasteiger partial charge in [0.15, 0.2) is 11.6 Å². The van der Waals surface area contributed by atoms with Gasteiger partial charge in [-0.2, -0.15) is 18.3 Å². The monoisotopic (exact) mass is 498 g/mol. The minimum atomic E-state index is -4.68. The molecule has 5 rings (SSSR count). The molecule has 1 unspecified atom stereocenters. The van der Waals surface area contributed by atoms with Gasteiger partial charge < -0.3 is 9.84 Å². The Bertz CT molecular complexity index is 1390. The molecule has 1 aliphatic heterocycles. The zero-order valence-electron chi connectivity index (χ0n) is 19.4. The molecule has 0 aliphatic carbocycles. The van der Waals surface area contributed by atoms with Crippen molar-refractivity contribution >= 4 is 0 Å². The molecule has 0 spiro atoms. The first-order chi connectivity index (χ1) is 17.1. The second-order valence-electron chi connectivity index (χ2n) is 8.74. The molecule has 1 N–H and O–H groups in total. The number of pyridine rings is 1. The van der Waals surface area contributed by atoms with E-state index in [1.807, 2.05) is 43.6 Å². The van der Waals surface area contributed by atoms with Crippen LogP contribution in [0, 0.1) is 12.7 Å². The summed E-state index contributed by atoms with van der Waals surface area (Å²) in [6, 6.07) is 12.7. The third kappa shape index (κ3) is 4.57. The van der Waals surface area contributed by atoms with Gasteiger partial charge in [0.1, 0.15) is 6.23 Å². The number of aliphatic hydroxyl groups is 1. The Morgan fingerprint density at radius 1 is 1.11 bits per heavy atom. The molecule has 2 aromatic heterocycles. The normalized spacial score (nSPS) is 15.8. The number of aryl methyl sites for hydroxylation is 2. The summed E-state index contributed by atoms with van der Waals surface area (Å²) < 4.78 is 61.0. The number of nitrogens with zero attached hydrogens (tertiary/aromatic N) is 4. The zero-order valence-corrected chi connectivity index (χ0v) is 19.4. The lowest BCUT2D eigenvalue weighted by Gasteiger charge is -2.21. The van der Waals surface area contributed by atoms with Gasteiger partial charge in [-0.25, -0.2) is 9.37 Å². The number of hydrogen-bond donors (Lipinski definition) is 1. The van der Waals surface area contributed by atoms with Crippen molar-refractivity contribution in [1.29, 1.82) is 0 Å². The summed E-state index contributed by atoms with van der Waals surface area (Å²) in [6.07, 6.45) is -2.43. The number of hydrogen-bond acceptors (Lipinski definition) is 5. The molecule has 1 aliphatic rings. The number of aliphatic hydroxyl groups excluding tert-OH is 1. The lowest BCUT2D eigenvalue weighted by molar-refractivity contribution is -0.137. The Kier molecular flexibility index (Phi) is 6.01. The average Bonchev–Trinajstić information content (AvgIpc) is 3.39. The fraction of sp³-hybridized carbons (Fsp3) is 0.231. The highest BCUT2D eigenvalue weighted by Gasteiger charge is 2.35. The fourth-order valence-corrected chi connectivity index (χ4v) is 4.32. The molecular formula is C26H22F4N4O2. The van der Waals surface area contributed by atoms with E-state index in [0.717, 1.165) is 28.5 Å².